The van der Waals surface area contributed by atoms with E-state index in [-0.39, 0.29) is 5.91 Å². The third-order valence-corrected chi connectivity index (χ3v) is 6.92. The summed E-state index contributed by atoms with van der Waals surface area (Å²) in [5.74, 6) is 0.766. The zero-order chi connectivity index (χ0) is 25.6. The van der Waals surface area contributed by atoms with Gasteiger partial charge in [0, 0.05) is 35.3 Å². The topological polar surface area (TPSA) is 71.3 Å². The number of fused-ring (bicyclic) bond motifs is 1. The predicted molar refractivity (Wildman–Crippen MR) is 153 cm³/mol. The molecule has 6 nitrogen and oxygen atoms in total. The number of amides is 1. The molecule has 2 aromatic heterocycles. The van der Waals surface area contributed by atoms with Crippen molar-refractivity contribution in [1.82, 2.24) is 19.9 Å². The van der Waals surface area contributed by atoms with Gasteiger partial charge in [0.25, 0.3) is 5.91 Å². The molecule has 0 saturated heterocycles. The summed E-state index contributed by atoms with van der Waals surface area (Å²) in [7, 11) is 0. The van der Waals surface area contributed by atoms with E-state index in [9.17, 15) is 4.79 Å². The standard InChI is InChI=1S/C29H25BrClN5O/c30-24-19-34-36-27(18-26(35-28(24)36)23-10-4-5-11-25(23)31)32-16-6-7-17-33-29(37)22-14-12-21(13-15-22)20-8-2-1-3-9-20/h1-5,8-15,18-19,32H,6-7,16-17H2,(H,33,37). The lowest BCUT2D eigenvalue weighted by molar-refractivity contribution is 0.0953. The number of benzene rings is 3. The van der Waals surface area contributed by atoms with Gasteiger partial charge in [-0.1, -0.05) is 72.3 Å². The summed E-state index contributed by atoms with van der Waals surface area (Å²) in [5, 5.41) is 11.5. The molecule has 0 spiro atoms. The van der Waals surface area contributed by atoms with Crippen molar-refractivity contribution in [3.63, 3.8) is 0 Å². The first kappa shape index (κ1) is 25.0. The van der Waals surface area contributed by atoms with Crippen molar-refractivity contribution >= 4 is 44.9 Å². The summed E-state index contributed by atoms with van der Waals surface area (Å²) in [5.41, 5.74) is 5.23. The van der Waals surface area contributed by atoms with E-state index in [1.165, 1.54) is 0 Å². The van der Waals surface area contributed by atoms with E-state index in [0.29, 0.717) is 22.8 Å². The maximum atomic E-state index is 12.5. The average molecular weight is 575 g/mol. The highest BCUT2D eigenvalue weighted by Crippen LogP contribution is 2.30. The number of anilines is 1. The van der Waals surface area contributed by atoms with E-state index < -0.39 is 0 Å². The summed E-state index contributed by atoms with van der Waals surface area (Å²) >= 11 is 9.94. The second-order valence-corrected chi connectivity index (χ2v) is 9.83. The van der Waals surface area contributed by atoms with Crippen LogP contribution in [0.5, 0.6) is 0 Å². The van der Waals surface area contributed by atoms with E-state index in [4.69, 9.17) is 16.6 Å². The fourth-order valence-electron chi connectivity index (χ4n) is 4.08. The van der Waals surface area contributed by atoms with Crippen molar-refractivity contribution in [2.45, 2.75) is 12.8 Å². The van der Waals surface area contributed by atoms with Crippen molar-refractivity contribution in [3.8, 4) is 22.4 Å². The molecule has 2 N–H and O–H groups in total. The van der Waals surface area contributed by atoms with Gasteiger partial charge in [0.1, 0.15) is 5.82 Å². The van der Waals surface area contributed by atoms with Crippen LogP contribution in [0.15, 0.2) is 95.6 Å². The van der Waals surface area contributed by atoms with Gasteiger partial charge in [-0.3, -0.25) is 4.79 Å². The Morgan fingerprint density at radius 3 is 2.38 bits per heavy atom. The van der Waals surface area contributed by atoms with E-state index in [0.717, 1.165) is 52.1 Å². The Morgan fingerprint density at radius 1 is 0.892 bits per heavy atom. The summed E-state index contributed by atoms with van der Waals surface area (Å²) in [6, 6.07) is 27.4. The fraction of sp³-hybridized carbons (Fsp3) is 0.138. The van der Waals surface area contributed by atoms with Crippen LogP contribution < -0.4 is 10.6 Å². The predicted octanol–water partition coefficient (Wildman–Crippen LogP) is 7.10. The van der Waals surface area contributed by atoms with Crippen LogP contribution in [0.4, 0.5) is 5.82 Å². The molecule has 1 amide bonds. The van der Waals surface area contributed by atoms with Crippen molar-refractivity contribution in [1.29, 1.82) is 0 Å². The molecule has 0 radical (unpaired) electrons. The molecule has 0 atom stereocenters. The molecule has 2 heterocycles. The molecule has 5 rings (SSSR count). The second kappa shape index (κ2) is 11.6. The Bertz CT molecular complexity index is 1520. The molecular weight excluding hydrogens is 550 g/mol. The largest absolute Gasteiger partial charge is 0.370 e. The first-order valence-corrected chi connectivity index (χ1v) is 13.2. The van der Waals surface area contributed by atoms with Gasteiger partial charge in [-0.2, -0.15) is 9.61 Å². The average Bonchev–Trinajstić information content (AvgIpc) is 3.32. The molecule has 0 aliphatic heterocycles. The van der Waals surface area contributed by atoms with Crippen molar-refractivity contribution < 1.29 is 4.79 Å². The highest BCUT2D eigenvalue weighted by Gasteiger charge is 2.13. The van der Waals surface area contributed by atoms with Crippen LogP contribution in [0.25, 0.3) is 28.0 Å². The normalized spacial score (nSPS) is 11.0. The Labute approximate surface area is 228 Å². The molecule has 0 aliphatic rings. The smallest absolute Gasteiger partial charge is 0.251 e. The number of nitrogens with one attached hydrogen (secondary N) is 2. The fourth-order valence-corrected chi connectivity index (χ4v) is 4.66. The van der Waals surface area contributed by atoms with Crippen LogP contribution >= 0.6 is 27.5 Å². The van der Waals surface area contributed by atoms with Gasteiger partial charge in [-0.15, -0.1) is 0 Å². The Morgan fingerprint density at radius 2 is 1.59 bits per heavy atom. The third kappa shape index (κ3) is 5.84. The van der Waals surface area contributed by atoms with E-state index >= 15 is 0 Å². The SMILES string of the molecule is O=C(NCCCCNc1cc(-c2ccccc2Cl)nc2c(Br)cnn12)c1ccc(-c2ccccc2)cc1. The molecule has 3 aromatic carbocycles. The minimum atomic E-state index is -0.0609. The molecule has 5 aromatic rings. The van der Waals surface area contributed by atoms with Gasteiger partial charge in [-0.25, -0.2) is 4.98 Å². The van der Waals surface area contributed by atoms with Crippen LogP contribution in [-0.4, -0.2) is 33.6 Å². The van der Waals surface area contributed by atoms with Crippen LogP contribution in [-0.2, 0) is 0 Å². The number of carbonyl (C=O) groups excluding carboxylic acids is 1. The van der Waals surface area contributed by atoms with E-state index in [1.54, 1.807) is 10.7 Å². The van der Waals surface area contributed by atoms with Gasteiger partial charge in [0.05, 0.1) is 16.4 Å². The zero-order valence-electron chi connectivity index (χ0n) is 20.0. The Balaban J connectivity index is 1.14. The lowest BCUT2D eigenvalue weighted by atomic mass is 10.0. The molecule has 8 heteroatoms. The number of carbonyl (C=O) groups is 1. The van der Waals surface area contributed by atoms with Gasteiger partial charge in [0.15, 0.2) is 5.65 Å². The lowest BCUT2D eigenvalue weighted by Crippen LogP contribution is -2.24. The van der Waals surface area contributed by atoms with E-state index in [2.05, 4.69) is 43.8 Å². The molecule has 0 aliphatic carbocycles. The van der Waals surface area contributed by atoms with Crippen molar-refractivity contribution in [2.75, 3.05) is 18.4 Å². The Hall–Kier alpha value is -3.68. The molecule has 0 unspecified atom stereocenters. The van der Waals surface area contributed by atoms with Crippen molar-refractivity contribution in [2.24, 2.45) is 0 Å². The number of unbranched alkanes of at least 4 members (excludes halogenated alkanes) is 1. The summed E-state index contributed by atoms with van der Waals surface area (Å²) in [4.78, 5) is 17.3. The maximum absolute atomic E-state index is 12.5. The van der Waals surface area contributed by atoms with Gasteiger partial charge in [-0.05, 0) is 58.1 Å². The third-order valence-electron chi connectivity index (χ3n) is 6.03. The van der Waals surface area contributed by atoms with Crippen molar-refractivity contribution in [3.05, 3.63) is 106 Å². The van der Waals surface area contributed by atoms with Crippen LogP contribution in [0.3, 0.4) is 0 Å². The summed E-state index contributed by atoms with van der Waals surface area (Å²) < 4.78 is 2.58. The molecule has 0 bridgehead atoms. The zero-order valence-corrected chi connectivity index (χ0v) is 22.3. The number of rotatable bonds is 9. The molecule has 186 valence electrons. The van der Waals surface area contributed by atoms with Gasteiger partial charge >= 0.3 is 0 Å². The molecule has 37 heavy (non-hydrogen) atoms. The van der Waals surface area contributed by atoms with Crippen LogP contribution in [0.2, 0.25) is 5.02 Å². The number of aromatic nitrogens is 3. The number of nitrogens with zero attached hydrogens (tertiary/aromatic N) is 3. The number of halogens is 2. The van der Waals surface area contributed by atoms with Gasteiger partial charge in [0.2, 0.25) is 0 Å². The van der Waals surface area contributed by atoms with Gasteiger partial charge < -0.3 is 10.6 Å². The molecular formula is C29H25BrClN5O. The Kier molecular flexibility index (Phi) is 7.82. The summed E-state index contributed by atoms with van der Waals surface area (Å²) in [6.07, 6.45) is 3.45. The monoisotopic (exact) mass is 573 g/mol. The molecule has 0 saturated carbocycles. The van der Waals surface area contributed by atoms with E-state index in [1.807, 2.05) is 72.8 Å². The minimum absolute atomic E-state index is 0.0609. The maximum Gasteiger partial charge on any atom is 0.251 e. The first-order valence-electron chi connectivity index (χ1n) is 12.1. The first-order chi connectivity index (χ1) is 18.1. The van der Waals surface area contributed by atoms with Crippen LogP contribution in [0.1, 0.15) is 23.2 Å². The highest BCUT2D eigenvalue weighted by molar-refractivity contribution is 9.10. The minimum Gasteiger partial charge on any atom is -0.370 e. The lowest BCUT2D eigenvalue weighted by Gasteiger charge is -2.12. The van der Waals surface area contributed by atoms with Crippen LogP contribution in [0, 0.1) is 0 Å². The summed E-state index contributed by atoms with van der Waals surface area (Å²) in [6.45, 7) is 1.32. The highest BCUT2D eigenvalue weighted by atomic mass is 79.9. The second-order valence-electron chi connectivity index (χ2n) is 8.57. The number of hydrogen-bond donors (Lipinski definition) is 2. The number of hydrogen-bond acceptors (Lipinski definition) is 4. The quantitative estimate of drug-likeness (QED) is 0.184. The molecule has 0 fully saturated rings.